The maximum Gasteiger partial charge on any atom is 0.255 e. The first-order valence-corrected chi connectivity index (χ1v) is 7.47. The van der Waals surface area contributed by atoms with Crippen LogP contribution in [-0.4, -0.2) is 17.5 Å². The van der Waals surface area contributed by atoms with E-state index in [-0.39, 0.29) is 11.6 Å². The van der Waals surface area contributed by atoms with Gasteiger partial charge in [-0.15, -0.1) is 0 Å². The fraction of sp³-hybridized carbons (Fsp3) is 0.111. The summed E-state index contributed by atoms with van der Waals surface area (Å²) in [5, 5.41) is 22.7. The van der Waals surface area contributed by atoms with E-state index < -0.39 is 5.84 Å². The lowest BCUT2D eigenvalue weighted by molar-refractivity contribution is 0.102. The molecule has 7 heteroatoms. The van der Waals surface area contributed by atoms with E-state index in [0.717, 1.165) is 11.1 Å². The molecule has 0 heterocycles. The van der Waals surface area contributed by atoms with Crippen LogP contribution in [0.1, 0.15) is 21.5 Å². The Labute approximate surface area is 145 Å². The highest BCUT2D eigenvalue weighted by Crippen LogP contribution is 2.21. The van der Waals surface area contributed by atoms with Crippen LogP contribution in [-0.2, 0) is 0 Å². The van der Waals surface area contributed by atoms with Gasteiger partial charge in [0.15, 0.2) is 5.84 Å². The summed E-state index contributed by atoms with van der Waals surface area (Å²) in [6.07, 6.45) is 0. The summed E-state index contributed by atoms with van der Waals surface area (Å²) in [5.41, 5.74) is 11.3. The number of nitrogens with two attached hydrogens (primary N) is 1. The Bertz CT molecular complexity index is 895. The summed E-state index contributed by atoms with van der Waals surface area (Å²) < 4.78 is 0. The van der Waals surface area contributed by atoms with E-state index in [1.807, 2.05) is 38.1 Å². The van der Waals surface area contributed by atoms with E-state index in [4.69, 9.17) is 16.4 Å². The molecular weight excluding hydrogens is 316 g/mol. The highest BCUT2D eigenvalue weighted by Gasteiger charge is 2.09. The van der Waals surface area contributed by atoms with Crippen LogP contribution in [0.5, 0.6) is 0 Å². The molecule has 0 atom stereocenters. The Morgan fingerprint density at radius 2 is 2.00 bits per heavy atom. The van der Waals surface area contributed by atoms with Crippen molar-refractivity contribution in [2.24, 2.45) is 10.8 Å². The van der Waals surface area contributed by atoms with Gasteiger partial charge in [0.05, 0.1) is 5.69 Å². The first-order valence-electron chi connectivity index (χ1n) is 7.47. The molecule has 7 nitrogen and oxygen atoms in total. The largest absolute Gasteiger partial charge is 0.382 e. The predicted molar refractivity (Wildman–Crippen MR) is 98.9 cm³/mol. The molecule has 5 N–H and O–H groups in total. The minimum absolute atomic E-state index is 0.214. The van der Waals surface area contributed by atoms with Gasteiger partial charge >= 0.3 is 0 Å². The molecule has 126 valence electrons. The fourth-order valence-electron chi connectivity index (χ4n) is 2.07. The van der Waals surface area contributed by atoms with E-state index in [1.165, 1.54) is 0 Å². The fourth-order valence-corrected chi connectivity index (χ4v) is 2.07. The molecule has 0 unspecified atom stereocenters. The summed E-state index contributed by atoms with van der Waals surface area (Å²) in [6, 6.07) is 14.3. The van der Waals surface area contributed by atoms with Gasteiger partial charge in [-0.2, -0.15) is 10.4 Å². The Hall–Kier alpha value is -3.66. The highest BCUT2D eigenvalue weighted by atomic mass is 16.1. The van der Waals surface area contributed by atoms with Gasteiger partial charge in [0, 0.05) is 11.3 Å². The molecule has 0 fully saturated rings. The van der Waals surface area contributed by atoms with Gasteiger partial charge in [-0.05, 0) is 43.7 Å². The number of amidine groups is 1. The number of nitrogens with one attached hydrogen (secondary N) is 3. The zero-order chi connectivity index (χ0) is 18.4. The second-order valence-corrected chi connectivity index (χ2v) is 5.45. The highest BCUT2D eigenvalue weighted by molar-refractivity contribution is 6.45. The van der Waals surface area contributed by atoms with Crippen molar-refractivity contribution in [3.63, 3.8) is 0 Å². The number of hydrogen-bond donors (Lipinski definition) is 4. The zero-order valence-corrected chi connectivity index (χ0v) is 13.9. The molecule has 0 aliphatic heterocycles. The van der Waals surface area contributed by atoms with Crippen LogP contribution < -0.4 is 16.5 Å². The number of hydrazone groups is 1. The number of benzene rings is 2. The van der Waals surface area contributed by atoms with Gasteiger partial charge in [-0.25, -0.2) is 0 Å². The van der Waals surface area contributed by atoms with Crippen LogP contribution >= 0.6 is 0 Å². The molecule has 2 aromatic carbocycles. The third-order valence-corrected chi connectivity index (χ3v) is 3.42. The lowest BCUT2D eigenvalue weighted by Gasteiger charge is -2.11. The van der Waals surface area contributed by atoms with Crippen LogP contribution in [0.25, 0.3) is 0 Å². The molecule has 1 amide bonds. The van der Waals surface area contributed by atoms with Crippen LogP contribution in [0.3, 0.4) is 0 Å². The molecule has 0 aliphatic carbocycles. The van der Waals surface area contributed by atoms with Crippen molar-refractivity contribution in [3.8, 4) is 6.07 Å². The van der Waals surface area contributed by atoms with Crippen molar-refractivity contribution in [1.29, 1.82) is 10.7 Å². The number of anilines is 2. The third kappa shape index (κ3) is 4.65. The van der Waals surface area contributed by atoms with Crippen molar-refractivity contribution in [2.45, 2.75) is 13.8 Å². The molecule has 0 aliphatic rings. The number of hydrogen-bond acceptors (Lipinski definition) is 5. The predicted octanol–water partition coefficient (Wildman–Crippen LogP) is 2.78. The number of nitrogens with zero attached hydrogens (tertiary/aromatic N) is 2. The Kier molecular flexibility index (Phi) is 5.48. The van der Waals surface area contributed by atoms with Crippen LogP contribution in [0, 0.1) is 30.6 Å². The minimum atomic E-state index is -0.421. The molecular formula is C18H18N6O. The van der Waals surface area contributed by atoms with Crippen molar-refractivity contribution >= 4 is 28.8 Å². The maximum absolute atomic E-state index is 12.4. The SMILES string of the molecule is Cc1cccc(C(=O)Nc2cc(N/N=C(\C#N)C(=N)N)ccc2C)c1. The molecule has 0 saturated heterocycles. The molecule has 2 aromatic rings. The third-order valence-electron chi connectivity index (χ3n) is 3.42. The Morgan fingerprint density at radius 1 is 1.24 bits per heavy atom. The second kappa shape index (κ2) is 7.75. The van der Waals surface area contributed by atoms with E-state index >= 15 is 0 Å². The van der Waals surface area contributed by atoms with E-state index in [0.29, 0.717) is 16.9 Å². The lowest BCUT2D eigenvalue weighted by Crippen LogP contribution is -2.21. The van der Waals surface area contributed by atoms with Crippen molar-refractivity contribution in [3.05, 3.63) is 59.2 Å². The van der Waals surface area contributed by atoms with Gasteiger partial charge in [0.2, 0.25) is 5.71 Å². The molecule has 0 aromatic heterocycles. The van der Waals surface area contributed by atoms with E-state index in [1.54, 1.807) is 24.3 Å². The molecule has 0 saturated carbocycles. The topological polar surface area (TPSA) is 127 Å². The number of carbonyl (C=O) groups excluding carboxylic acids is 1. The molecule has 2 rings (SSSR count). The smallest absolute Gasteiger partial charge is 0.255 e. The minimum Gasteiger partial charge on any atom is -0.382 e. The van der Waals surface area contributed by atoms with Crippen molar-refractivity contribution < 1.29 is 4.79 Å². The van der Waals surface area contributed by atoms with E-state index in [2.05, 4.69) is 15.8 Å². The van der Waals surface area contributed by atoms with E-state index in [9.17, 15) is 4.79 Å². The van der Waals surface area contributed by atoms with Gasteiger partial charge in [0.25, 0.3) is 5.91 Å². The first kappa shape index (κ1) is 17.7. The summed E-state index contributed by atoms with van der Waals surface area (Å²) in [5.74, 6) is -0.635. The molecule has 0 radical (unpaired) electrons. The molecule has 0 spiro atoms. The van der Waals surface area contributed by atoms with Gasteiger partial charge < -0.3 is 11.1 Å². The quantitative estimate of drug-likeness (QED) is 0.381. The first-order chi connectivity index (χ1) is 11.9. The standard InChI is InChI=1S/C18H18N6O/c1-11-4-3-5-13(8-11)18(25)22-15-9-14(7-6-12(15)2)23-24-16(10-19)17(20)21/h3-9,23H,1-2H3,(H3,20,21)(H,22,25)/b24-16+. The average Bonchev–Trinajstić information content (AvgIpc) is 2.57. The van der Waals surface area contributed by atoms with Gasteiger partial charge in [-0.3, -0.25) is 15.6 Å². The summed E-state index contributed by atoms with van der Waals surface area (Å²) in [4.78, 5) is 12.4. The summed E-state index contributed by atoms with van der Waals surface area (Å²) in [6.45, 7) is 3.79. The monoisotopic (exact) mass is 334 g/mol. The number of amides is 1. The number of rotatable bonds is 5. The summed E-state index contributed by atoms with van der Waals surface area (Å²) >= 11 is 0. The lowest BCUT2D eigenvalue weighted by atomic mass is 10.1. The van der Waals surface area contributed by atoms with Gasteiger partial charge in [0.1, 0.15) is 6.07 Å². The van der Waals surface area contributed by atoms with Crippen LogP contribution in [0.4, 0.5) is 11.4 Å². The average molecular weight is 334 g/mol. The Morgan fingerprint density at radius 3 is 2.64 bits per heavy atom. The van der Waals surface area contributed by atoms with Crippen LogP contribution in [0.2, 0.25) is 0 Å². The second-order valence-electron chi connectivity index (χ2n) is 5.45. The maximum atomic E-state index is 12.4. The number of nitriles is 1. The molecule has 25 heavy (non-hydrogen) atoms. The Balaban J connectivity index is 2.20. The molecule has 0 bridgehead atoms. The van der Waals surface area contributed by atoms with Gasteiger partial charge in [-0.1, -0.05) is 23.8 Å². The van der Waals surface area contributed by atoms with Crippen LogP contribution in [0.15, 0.2) is 47.6 Å². The summed E-state index contributed by atoms with van der Waals surface area (Å²) in [7, 11) is 0. The van der Waals surface area contributed by atoms with Crippen molar-refractivity contribution in [2.75, 3.05) is 10.7 Å². The van der Waals surface area contributed by atoms with Crippen molar-refractivity contribution in [1.82, 2.24) is 0 Å². The zero-order valence-electron chi connectivity index (χ0n) is 13.9. The number of aryl methyl sites for hydroxylation is 2. The number of carbonyl (C=O) groups is 1. The normalized spacial score (nSPS) is 10.7.